The third-order valence-corrected chi connectivity index (χ3v) is 6.18. The van der Waals surface area contributed by atoms with Crippen molar-refractivity contribution in [3.63, 3.8) is 0 Å². The second kappa shape index (κ2) is 9.65. The third-order valence-electron chi connectivity index (χ3n) is 6.18. The summed E-state index contributed by atoms with van der Waals surface area (Å²) in [6, 6.07) is 13.2. The number of nitrogens with two attached hydrogens (primary N) is 1. The first-order chi connectivity index (χ1) is 16.2. The highest BCUT2D eigenvalue weighted by Gasteiger charge is 2.23. The van der Waals surface area contributed by atoms with E-state index < -0.39 is 17.1 Å². The maximum absolute atomic E-state index is 14.0. The second-order valence-electron chi connectivity index (χ2n) is 9.05. The van der Waals surface area contributed by atoms with Crippen molar-refractivity contribution < 1.29 is 4.39 Å². The van der Waals surface area contributed by atoms with Crippen LogP contribution < -0.4 is 21.9 Å². The van der Waals surface area contributed by atoms with Crippen LogP contribution in [0.15, 0.2) is 52.1 Å². The number of aromatic nitrogens is 2. The molecule has 0 saturated carbocycles. The molecule has 176 valence electrons. The molecule has 2 N–H and O–H groups in total. The number of aryl methyl sites for hydroxylation is 2. The fourth-order valence-corrected chi connectivity index (χ4v) is 4.69. The van der Waals surface area contributed by atoms with Gasteiger partial charge in [-0.05, 0) is 56.0 Å². The normalized spacial score (nSPS) is 15.9. The van der Waals surface area contributed by atoms with Gasteiger partial charge in [0.05, 0.1) is 24.7 Å². The van der Waals surface area contributed by atoms with Gasteiger partial charge in [-0.2, -0.15) is 5.26 Å². The molecular weight excluding hydrogens is 433 g/mol. The molecule has 1 aliphatic heterocycles. The lowest BCUT2D eigenvalue weighted by atomic mass is 10.1. The summed E-state index contributed by atoms with van der Waals surface area (Å²) in [5, 5.41) is 9.51. The predicted octanol–water partition coefficient (Wildman–Crippen LogP) is 2.66. The first-order valence-electron chi connectivity index (χ1n) is 11.4. The monoisotopic (exact) mass is 461 g/mol. The van der Waals surface area contributed by atoms with Crippen LogP contribution in [0.2, 0.25) is 0 Å². The Bertz CT molecular complexity index is 1370. The minimum absolute atomic E-state index is 0.0340. The first kappa shape index (κ1) is 23.5. The van der Waals surface area contributed by atoms with Crippen LogP contribution in [0.1, 0.15) is 40.7 Å². The van der Waals surface area contributed by atoms with Crippen LogP contribution in [0, 0.1) is 31.0 Å². The molecule has 3 aromatic rings. The van der Waals surface area contributed by atoms with Gasteiger partial charge in [0.2, 0.25) is 0 Å². The smallest absolute Gasteiger partial charge is 0.333 e. The Morgan fingerprint density at radius 1 is 1.06 bits per heavy atom. The summed E-state index contributed by atoms with van der Waals surface area (Å²) in [6.45, 7) is 5.18. The zero-order chi connectivity index (χ0) is 24.4. The first-order valence-corrected chi connectivity index (χ1v) is 11.4. The summed E-state index contributed by atoms with van der Waals surface area (Å²) < 4.78 is 16.7. The molecule has 0 radical (unpaired) electrons. The third kappa shape index (κ3) is 4.95. The van der Waals surface area contributed by atoms with E-state index in [1.54, 1.807) is 0 Å². The molecule has 2 aromatic carbocycles. The molecule has 0 bridgehead atoms. The number of anilines is 1. The van der Waals surface area contributed by atoms with Crippen molar-refractivity contribution in [1.82, 2.24) is 9.13 Å². The summed E-state index contributed by atoms with van der Waals surface area (Å²) in [5.74, 6) is -0.0536. The maximum Gasteiger partial charge on any atom is 0.333 e. The van der Waals surface area contributed by atoms with Gasteiger partial charge in [0.1, 0.15) is 11.6 Å². The van der Waals surface area contributed by atoms with E-state index in [4.69, 9.17) is 5.73 Å². The Morgan fingerprint density at radius 3 is 2.47 bits per heavy atom. The van der Waals surface area contributed by atoms with E-state index in [1.165, 1.54) is 33.4 Å². The summed E-state index contributed by atoms with van der Waals surface area (Å²) in [7, 11) is 0. The van der Waals surface area contributed by atoms with E-state index >= 15 is 0 Å². The molecule has 7 nitrogen and oxygen atoms in total. The molecule has 1 atom stereocenters. The van der Waals surface area contributed by atoms with Gasteiger partial charge >= 0.3 is 5.69 Å². The van der Waals surface area contributed by atoms with Crippen molar-refractivity contribution in [2.24, 2.45) is 5.73 Å². The fraction of sp³-hybridized carbons (Fsp3) is 0.346. The standard InChI is InChI=1S/C26H28FN5O2/c1-17-8-18(2)10-19(9-17)14-32-25(33)12-24(30-7-3-4-23(29)16-30)31(26(32)34)15-21-11-22(27)6-5-20(21)13-28/h5-6,8-12,23H,3-4,7,14-16,29H2,1-2H3/t23-/m1/s1. The molecule has 8 heteroatoms. The summed E-state index contributed by atoms with van der Waals surface area (Å²) in [5.41, 5.74) is 8.84. The Morgan fingerprint density at radius 2 is 1.79 bits per heavy atom. The van der Waals surface area contributed by atoms with Crippen molar-refractivity contribution >= 4 is 5.82 Å². The van der Waals surface area contributed by atoms with Gasteiger partial charge in [-0.25, -0.2) is 9.18 Å². The fourth-order valence-electron chi connectivity index (χ4n) is 4.69. The Labute approximate surface area is 197 Å². The Hall–Kier alpha value is -3.70. The number of hydrogen-bond donors (Lipinski definition) is 1. The number of nitrogens with zero attached hydrogens (tertiary/aromatic N) is 4. The predicted molar refractivity (Wildman–Crippen MR) is 130 cm³/mol. The quantitative estimate of drug-likeness (QED) is 0.630. The number of benzene rings is 2. The zero-order valence-corrected chi connectivity index (χ0v) is 19.4. The number of piperidine rings is 1. The van der Waals surface area contributed by atoms with E-state index in [2.05, 4.69) is 6.07 Å². The maximum atomic E-state index is 14.0. The van der Waals surface area contributed by atoms with Gasteiger partial charge in [-0.3, -0.25) is 13.9 Å². The van der Waals surface area contributed by atoms with Gasteiger partial charge in [-0.15, -0.1) is 0 Å². The van der Waals surface area contributed by atoms with Crippen molar-refractivity contribution in [2.45, 2.75) is 45.8 Å². The molecule has 1 saturated heterocycles. The Balaban J connectivity index is 1.86. The van der Waals surface area contributed by atoms with E-state index in [1.807, 2.05) is 36.9 Å². The molecule has 1 fully saturated rings. The topological polar surface area (TPSA) is 97.1 Å². The molecule has 2 heterocycles. The molecule has 0 spiro atoms. The molecule has 0 aliphatic carbocycles. The highest BCUT2D eigenvalue weighted by Crippen LogP contribution is 2.20. The highest BCUT2D eigenvalue weighted by atomic mass is 19.1. The van der Waals surface area contributed by atoms with Gasteiger partial charge in [0, 0.05) is 25.2 Å². The van der Waals surface area contributed by atoms with Crippen molar-refractivity contribution in [1.29, 1.82) is 5.26 Å². The van der Waals surface area contributed by atoms with Crippen molar-refractivity contribution in [2.75, 3.05) is 18.0 Å². The lowest BCUT2D eigenvalue weighted by Crippen LogP contribution is -2.48. The molecule has 1 aliphatic rings. The summed E-state index contributed by atoms with van der Waals surface area (Å²) in [6.07, 6.45) is 1.71. The van der Waals surface area contributed by atoms with Crippen LogP contribution in [0.4, 0.5) is 10.2 Å². The van der Waals surface area contributed by atoms with E-state index in [9.17, 15) is 19.2 Å². The van der Waals surface area contributed by atoms with Crippen LogP contribution in [-0.4, -0.2) is 28.3 Å². The lowest BCUT2D eigenvalue weighted by molar-refractivity contribution is 0.489. The molecule has 34 heavy (non-hydrogen) atoms. The van der Waals surface area contributed by atoms with Gasteiger partial charge in [0.15, 0.2) is 0 Å². The molecular formula is C26H28FN5O2. The average molecular weight is 462 g/mol. The highest BCUT2D eigenvalue weighted by molar-refractivity contribution is 5.43. The minimum atomic E-state index is -0.506. The molecule has 0 unspecified atom stereocenters. The van der Waals surface area contributed by atoms with Crippen molar-refractivity contribution in [3.8, 4) is 6.07 Å². The molecule has 1 aromatic heterocycles. The van der Waals surface area contributed by atoms with E-state index in [0.29, 0.717) is 24.5 Å². The molecule has 4 rings (SSSR count). The minimum Gasteiger partial charge on any atom is -0.356 e. The SMILES string of the molecule is Cc1cc(C)cc(Cn2c(=O)cc(N3CCC[C@@H](N)C3)n(Cc3cc(F)ccc3C#N)c2=O)c1. The number of hydrogen-bond acceptors (Lipinski definition) is 5. The molecule has 0 amide bonds. The van der Waals surface area contributed by atoms with Crippen LogP contribution in [0.5, 0.6) is 0 Å². The summed E-state index contributed by atoms with van der Waals surface area (Å²) >= 11 is 0. The van der Waals surface area contributed by atoms with Gasteiger partial charge in [-0.1, -0.05) is 29.3 Å². The number of halogens is 1. The Kier molecular flexibility index (Phi) is 6.66. The largest absolute Gasteiger partial charge is 0.356 e. The summed E-state index contributed by atoms with van der Waals surface area (Å²) in [4.78, 5) is 28.7. The van der Waals surface area contributed by atoms with Gasteiger partial charge in [0.25, 0.3) is 5.56 Å². The van der Waals surface area contributed by atoms with Crippen LogP contribution >= 0.6 is 0 Å². The number of nitriles is 1. The van der Waals surface area contributed by atoms with Gasteiger partial charge < -0.3 is 10.6 Å². The zero-order valence-electron chi connectivity index (χ0n) is 19.4. The van der Waals surface area contributed by atoms with E-state index in [-0.39, 0.29) is 24.7 Å². The van der Waals surface area contributed by atoms with Crippen LogP contribution in [-0.2, 0) is 13.1 Å². The second-order valence-corrected chi connectivity index (χ2v) is 9.05. The van der Waals surface area contributed by atoms with Crippen LogP contribution in [0.25, 0.3) is 0 Å². The lowest BCUT2D eigenvalue weighted by Gasteiger charge is -2.34. The average Bonchev–Trinajstić information content (AvgIpc) is 2.78. The van der Waals surface area contributed by atoms with Crippen LogP contribution in [0.3, 0.4) is 0 Å². The van der Waals surface area contributed by atoms with Crippen molar-refractivity contribution in [3.05, 3.63) is 96.9 Å². The number of rotatable bonds is 5. The van der Waals surface area contributed by atoms with E-state index in [0.717, 1.165) is 29.5 Å².